The molecule has 2 unspecified atom stereocenters. The number of nitro benzene ring substituents is 1. The molecule has 0 amide bonds. The van der Waals surface area contributed by atoms with E-state index in [-0.39, 0.29) is 5.69 Å². The number of para-hydroxylation sites is 1. The quantitative estimate of drug-likeness (QED) is 0.491. The maximum atomic E-state index is 11.0. The average Bonchev–Trinajstić information content (AvgIpc) is 3.00. The van der Waals surface area contributed by atoms with Crippen molar-refractivity contribution in [2.45, 2.75) is 31.8 Å². The molecular weight excluding hydrogens is 244 g/mol. The first-order valence-corrected chi connectivity index (χ1v) is 6.66. The molecule has 1 saturated heterocycles. The van der Waals surface area contributed by atoms with Gasteiger partial charge in [-0.3, -0.25) is 20.9 Å². The van der Waals surface area contributed by atoms with Crippen LogP contribution in [0.25, 0.3) is 0 Å². The molecule has 0 aromatic heterocycles. The van der Waals surface area contributed by atoms with Gasteiger partial charge in [0.25, 0.3) is 5.69 Å². The molecule has 0 spiro atoms. The Hall–Kier alpha value is -1.66. The molecule has 3 N–H and O–H groups in total. The number of nitrogens with zero attached hydrogens (tertiary/aromatic N) is 2. The SMILES string of the molecule is NNc1c(CN2CC3CCC2C3)cccc1[N+](=O)[O-]. The summed E-state index contributed by atoms with van der Waals surface area (Å²) in [5, 5.41) is 11.0. The van der Waals surface area contributed by atoms with E-state index in [2.05, 4.69) is 10.3 Å². The zero-order valence-corrected chi connectivity index (χ0v) is 10.7. The van der Waals surface area contributed by atoms with Gasteiger partial charge in [0.05, 0.1) is 4.92 Å². The van der Waals surface area contributed by atoms with Crippen molar-refractivity contribution in [3.05, 3.63) is 33.9 Å². The van der Waals surface area contributed by atoms with Crippen LogP contribution in [0.15, 0.2) is 18.2 Å². The Bertz CT molecular complexity index is 505. The number of nitro groups is 1. The number of fused-ring (bicyclic) bond motifs is 2. The Morgan fingerprint density at radius 3 is 2.89 bits per heavy atom. The summed E-state index contributed by atoms with van der Waals surface area (Å²) in [5.41, 5.74) is 3.89. The Morgan fingerprint density at radius 1 is 1.47 bits per heavy atom. The first-order valence-electron chi connectivity index (χ1n) is 6.66. The third kappa shape index (κ3) is 2.17. The van der Waals surface area contributed by atoms with Crippen LogP contribution in [0.5, 0.6) is 0 Å². The van der Waals surface area contributed by atoms with Gasteiger partial charge in [0.1, 0.15) is 5.69 Å². The highest BCUT2D eigenvalue weighted by atomic mass is 16.6. The molecule has 1 aromatic rings. The highest BCUT2D eigenvalue weighted by Gasteiger charge is 2.37. The molecule has 19 heavy (non-hydrogen) atoms. The molecule has 3 rings (SSSR count). The average molecular weight is 262 g/mol. The molecule has 1 saturated carbocycles. The second-order valence-electron chi connectivity index (χ2n) is 5.48. The van der Waals surface area contributed by atoms with E-state index in [0.717, 1.165) is 24.6 Å². The van der Waals surface area contributed by atoms with Crippen LogP contribution >= 0.6 is 0 Å². The smallest absolute Gasteiger partial charge is 0.293 e. The summed E-state index contributed by atoms with van der Waals surface area (Å²) in [7, 11) is 0. The third-order valence-electron chi connectivity index (χ3n) is 4.37. The number of nitrogens with two attached hydrogens (primary N) is 1. The summed E-state index contributed by atoms with van der Waals surface area (Å²) in [6.45, 7) is 1.85. The number of hydrazine groups is 1. The van der Waals surface area contributed by atoms with E-state index in [0.29, 0.717) is 11.7 Å². The van der Waals surface area contributed by atoms with Gasteiger partial charge in [-0.25, -0.2) is 0 Å². The topological polar surface area (TPSA) is 84.4 Å². The fraction of sp³-hybridized carbons (Fsp3) is 0.538. The van der Waals surface area contributed by atoms with Crippen LogP contribution in [0.4, 0.5) is 11.4 Å². The normalized spacial score (nSPS) is 25.7. The summed E-state index contributed by atoms with van der Waals surface area (Å²) in [6.07, 6.45) is 3.86. The van der Waals surface area contributed by atoms with Crippen LogP contribution in [0.2, 0.25) is 0 Å². The van der Waals surface area contributed by atoms with Gasteiger partial charge in [-0.2, -0.15) is 0 Å². The summed E-state index contributed by atoms with van der Waals surface area (Å²) < 4.78 is 0. The second kappa shape index (κ2) is 4.79. The molecule has 1 aliphatic carbocycles. The lowest BCUT2D eigenvalue weighted by Crippen LogP contribution is -2.31. The van der Waals surface area contributed by atoms with Crippen LogP contribution < -0.4 is 11.3 Å². The number of hydrogen-bond acceptors (Lipinski definition) is 5. The highest BCUT2D eigenvalue weighted by Crippen LogP contribution is 2.39. The fourth-order valence-electron chi connectivity index (χ4n) is 3.48. The van der Waals surface area contributed by atoms with E-state index in [9.17, 15) is 10.1 Å². The Labute approximate surface area is 111 Å². The number of nitrogen functional groups attached to an aromatic ring is 1. The molecular formula is C13H18N4O2. The number of anilines is 1. The molecule has 0 radical (unpaired) electrons. The summed E-state index contributed by atoms with van der Waals surface area (Å²) in [4.78, 5) is 13.0. The van der Waals surface area contributed by atoms with Crippen molar-refractivity contribution in [3.8, 4) is 0 Å². The van der Waals surface area contributed by atoms with Gasteiger partial charge >= 0.3 is 0 Å². The van der Waals surface area contributed by atoms with Crippen molar-refractivity contribution in [3.63, 3.8) is 0 Å². The van der Waals surface area contributed by atoms with E-state index in [1.807, 2.05) is 6.07 Å². The van der Waals surface area contributed by atoms with Gasteiger partial charge in [0.2, 0.25) is 0 Å². The Balaban J connectivity index is 1.84. The van der Waals surface area contributed by atoms with E-state index >= 15 is 0 Å². The van der Waals surface area contributed by atoms with Gasteiger partial charge < -0.3 is 5.43 Å². The maximum absolute atomic E-state index is 11.0. The fourth-order valence-corrected chi connectivity index (χ4v) is 3.48. The third-order valence-corrected chi connectivity index (χ3v) is 4.37. The highest BCUT2D eigenvalue weighted by molar-refractivity contribution is 5.65. The van der Waals surface area contributed by atoms with Gasteiger partial charge in [-0.15, -0.1) is 0 Å². The van der Waals surface area contributed by atoms with Gasteiger partial charge in [-0.1, -0.05) is 12.1 Å². The molecule has 102 valence electrons. The summed E-state index contributed by atoms with van der Waals surface area (Å²) >= 11 is 0. The predicted octanol–water partition coefficient (Wildman–Crippen LogP) is 1.86. The minimum Gasteiger partial charge on any atom is -0.318 e. The van der Waals surface area contributed by atoms with Gasteiger partial charge in [0.15, 0.2) is 0 Å². The molecule has 2 fully saturated rings. The van der Waals surface area contributed by atoms with E-state index in [1.54, 1.807) is 6.07 Å². The van der Waals surface area contributed by atoms with Gasteiger partial charge in [0, 0.05) is 25.2 Å². The van der Waals surface area contributed by atoms with E-state index < -0.39 is 4.92 Å². The molecule has 2 aliphatic rings. The molecule has 6 nitrogen and oxygen atoms in total. The van der Waals surface area contributed by atoms with E-state index in [4.69, 9.17) is 5.84 Å². The molecule has 2 atom stereocenters. The lowest BCUT2D eigenvalue weighted by Gasteiger charge is -2.27. The monoisotopic (exact) mass is 262 g/mol. The van der Waals surface area contributed by atoms with Crippen molar-refractivity contribution in [1.29, 1.82) is 0 Å². The zero-order chi connectivity index (χ0) is 13.4. The Kier molecular flexibility index (Phi) is 3.12. The standard InChI is InChI=1S/C13H18N4O2/c14-15-13-10(2-1-3-12(13)17(18)19)8-16-7-9-4-5-11(16)6-9/h1-3,9,11,15H,4-8,14H2. The van der Waals surface area contributed by atoms with Crippen LogP contribution in [0, 0.1) is 16.0 Å². The van der Waals surface area contributed by atoms with Crippen molar-refractivity contribution in [1.82, 2.24) is 4.90 Å². The molecule has 1 heterocycles. The minimum atomic E-state index is -0.394. The number of rotatable bonds is 4. The van der Waals surface area contributed by atoms with Crippen molar-refractivity contribution in [2.75, 3.05) is 12.0 Å². The molecule has 2 bridgehead atoms. The largest absolute Gasteiger partial charge is 0.318 e. The summed E-state index contributed by atoms with van der Waals surface area (Å²) in [6, 6.07) is 5.76. The van der Waals surface area contributed by atoms with Gasteiger partial charge in [-0.05, 0) is 30.7 Å². The lowest BCUT2D eigenvalue weighted by molar-refractivity contribution is -0.384. The molecule has 6 heteroatoms. The number of hydrogen-bond donors (Lipinski definition) is 2. The van der Waals surface area contributed by atoms with Crippen molar-refractivity contribution < 1.29 is 4.92 Å². The number of piperidine rings is 1. The summed E-state index contributed by atoms with van der Waals surface area (Å²) in [5.74, 6) is 6.28. The van der Waals surface area contributed by atoms with Crippen molar-refractivity contribution in [2.24, 2.45) is 11.8 Å². The second-order valence-corrected chi connectivity index (χ2v) is 5.48. The Morgan fingerprint density at radius 2 is 2.32 bits per heavy atom. The minimum absolute atomic E-state index is 0.0457. The molecule has 1 aromatic carbocycles. The van der Waals surface area contributed by atoms with Crippen LogP contribution in [-0.4, -0.2) is 22.4 Å². The van der Waals surface area contributed by atoms with Crippen LogP contribution in [0.1, 0.15) is 24.8 Å². The first kappa shape index (κ1) is 12.4. The molecule has 1 aliphatic heterocycles. The predicted molar refractivity (Wildman–Crippen MR) is 72.4 cm³/mol. The number of likely N-dealkylation sites (tertiary alicyclic amines) is 1. The van der Waals surface area contributed by atoms with Crippen molar-refractivity contribution >= 4 is 11.4 Å². The van der Waals surface area contributed by atoms with Crippen LogP contribution in [-0.2, 0) is 6.54 Å². The zero-order valence-electron chi connectivity index (χ0n) is 10.7. The van der Waals surface area contributed by atoms with Crippen LogP contribution in [0.3, 0.4) is 0 Å². The first-order chi connectivity index (χ1) is 9.19. The van der Waals surface area contributed by atoms with E-state index in [1.165, 1.54) is 25.3 Å². The lowest BCUT2D eigenvalue weighted by atomic mass is 10.1. The number of nitrogens with one attached hydrogen (secondary N) is 1. The number of benzene rings is 1. The maximum Gasteiger partial charge on any atom is 0.293 e.